The van der Waals surface area contributed by atoms with E-state index in [1.165, 1.54) is 12.8 Å². The van der Waals surface area contributed by atoms with Gasteiger partial charge in [-0.05, 0) is 19.4 Å². The second-order valence-corrected chi connectivity index (χ2v) is 4.97. The van der Waals surface area contributed by atoms with Gasteiger partial charge in [-0.1, -0.05) is 5.16 Å². The minimum atomic E-state index is 0.162. The first-order valence-corrected chi connectivity index (χ1v) is 6.82. The summed E-state index contributed by atoms with van der Waals surface area (Å²) in [5.74, 6) is 0.737. The number of nitrogens with one attached hydrogen (secondary N) is 1. The van der Waals surface area contributed by atoms with Gasteiger partial charge in [0.05, 0.1) is 12.3 Å². The maximum Gasteiger partial charge on any atom is 0.162 e. The molecule has 2 heterocycles. The van der Waals surface area contributed by atoms with Gasteiger partial charge in [0.1, 0.15) is 6.61 Å². The summed E-state index contributed by atoms with van der Waals surface area (Å²) in [6.45, 7) is 4.00. The molecule has 0 amide bonds. The second kappa shape index (κ2) is 7.59. The molecule has 108 valence electrons. The summed E-state index contributed by atoms with van der Waals surface area (Å²) in [6.07, 6.45) is 2.44. The Kier molecular flexibility index (Phi) is 5.78. The van der Waals surface area contributed by atoms with Crippen molar-refractivity contribution in [1.82, 2.24) is 15.4 Å². The van der Waals surface area contributed by atoms with Crippen LogP contribution in [-0.2, 0) is 17.9 Å². The van der Waals surface area contributed by atoms with E-state index >= 15 is 0 Å². The number of rotatable bonds is 8. The summed E-state index contributed by atoms with van der Waals surface area (Å²) in [7, 11) is 1.63. The van der Waals surface area contributed by atoms with Gasteiger partial charge in [-0.2, -0.15) is 0 Å². The van der Waals surface area contributed by atoms with Crippen LogP contribution in [0.1, 0.15) is 24.3 Å². The van der Waals surface area contributed by atoms with E-state index in [1.807, 2.05) is 6.07 Å². The van der Waals surface area contributed by atoms with Crippen LogP contribution in [0.3, 0.4) is 0 Å². The van der Waals surface area contributed by atoms with Crippen molar-refractivity contribution in [2.45, 2.75) is 32.0 Å². The van der Waals surface area contributed by atoms with Gasteiger partial charge in [0.25, 0.3) is 0 Å². The molecule has 1 saturated heterocycles. The van der Waals surface area contributed by atoms with E-state index in [0.29, 0.717) is 25.7 Å². The van der Waals surface area contributed by atoms with E-state index in [9.17, 15) is 0 Å². The first-order chi connectivity index (χ1) is 9.31. The van der Waals surface area contributed by atoms with E-state index in [4.69, 9.17) is 14.4 Å². The van der Waals surface area contributed by atoms with Gasteiger partial charge in [0, 0.05) is 38.9 Å². The zero-order chi connectivity index (χ0) is 13.5. The number of aliphatic hydroxyl groups is 1. The fourth-order valence-corrected chi connectivity index (χ4v) is 2.47. The summed E-state index contributed by atoms with van der Waals surface area (Å²) in [4.78, 5) is 2.21. The van der Waals surface area contributed by atoms with Crippen LogP contribution in [0.2, 0.25) is 0 Å². The molecule has 0 aliphatic carbocycles. The zero-order valence-electron chi connectivity index (χ0n) is 11.5. The van der Waals surface area contributed by atoms with Crippen LogP contribution in [0, 0.1) is 0 Å². The fourth-order valence-electron chi connectivity index (χ4n) is 2.47. The van der Waals surface area contributed by atoms with Crippen molar-refractivity contribution in [3.8, 4) is 0 Å². The molecule has 2 N–H and O–H groups in total. The third-order valence-corrected chi connectivity index (χ3v) is 3.34. The number of hydrogen-bond donors (Lipinski definition) is 2. The van der Waals surface area contributed by atoms with Crippen molar-refractivity contribution in [3.63, 3.8) is 0 Å². The summed E-state index contributed by atoms with van der Waals surface area (Å²) in [6, 6.07) is 2.44. The molecule has 1 aliphatic rings. The molecule has 1 aliphatic heterocycles. The molecular formula is C13H23N3O3. The van der Waals surface area contributed by atoms with Crippen LogP contribution in [-0.4, -0.2) is 54.6 Å². The Morgan fingerprint density at radius 1 is 1.63 bits per heavy atom. The molecule has 1 fully saturated rings. The number of methoxy groups -OCH3 is 1. The largest absolute Gasteiger partial charge is 0.395 e. The highest BCUT2D eigenvalue weighted by molar-refractivity contribution is 5.04. The molecule has 0 saturated carbocycles. The van der Waals surface area contributed by atoms with E-state index < -0.39 is 0 Å². The van der Waals surface area contributed by atoms with Gasteiger partial charge in [-0.3, -0.25) is 4.90 Å². The Labute approximate surface area is 113 Å². The van der Waals surface area contributed by atoms with Crippen molar-refractivity contribution in [2.75, 3.05) is 33.4 Å². The van der Waals surface area contributed by atoms with Crippen LogP contribution in [0.4, 0.5) is 0 Å². The molecule has 0 radical (unpaired) electrons. The monoisotopic (exact) mass is 269 g/mol. The quantitative estimate of drug-likeness (QED) is 0.710. The van der Waals surface area contributed by atoms with Crippen molar-refractivity contribution >= 4 is 0 Å². The maximum atomic E-state index is 9.15. The number of ether oxygens (including phenoxy) is 1. The number of hydrogen-bond acceptors (Lipinski definition) is 6. The Morgan fingerprint density at radius 2 is 2.53 bits per heavy atom. The summed E-state index contributed by atoms with van der Waals surface area (Å²) in [5.41, 5.74) is 0.887. The maximum absolute atomic E-state index is 9.15. The second-order valence-electron chi connectivity index (χ2n) is 4.97. The third kappa shape index (κ3) is 4.58. The van der Waals surface area contributed by atoms with Gasteiger partial charge >= 0.3 is 0 Å². The minimum Gasteiger partial charge on any atom is -0.395 e. The molecule has 1 atom stereocenters. The van der Waals surface area contributed by atoms with E-state index in [0.717, 1.165) is 24.5 Å². The average molecular weight is 269 g/mol. The smallest absolute Gasteiger partial charge is 0.162 e. The number of nitrogens with zero attached hydrogens (tertiary/aromatic N) is 2. The predicted octanol–water partition coefficient (Wildman–Crippen LogP) is 0.367. The molecule has 0 spiro atoms. The van der Waals surface area contributed by atoms with Crippen LogP contribution in [0.5, 0.6) is 0 Å². The lowest BCUT2D eigenvalue weighted by Gasteiger charge is -2.23. The average Bonchev–Trinajstić information content (AvgIpc) is 3.02. The molecule has 0 aromatic carbocycles. The summed E-state index contributed by atoms with van der Waals surface area (Å²) in [5, 5.41) is 16.7. The Morgan fingerprint density at radius 3 is 3.21 bits per heavy atom. The normalized spacial score (nSPS) is 19.4. The Bertz CT molecular complexity index is 364. The van der Waals surface area contributed by atoms with Gasteiger partial charge in [0.15, 0.2) is 5.76 Å². The van der Waals surface area contributed by atoms with Gasteiger partial charge in [0.2, 0.25) is 0 Å². The summed E-state index contributed by atoms with van der Waals surface area (Å²) >= 11 is 0. The first-order valence-electron chi connectivity index (χ1n) is 6.82. The molecular weight excluding hydrogens is 246 g/mol. The first kappa shape index (κ1) is 14.5. The van der Waals surface area contributed by atoms with Crippen LogP contribution >= 0.6 is 0 Å². The molecule has 6 heteroatoms. The molecule has 19 heavy (non-hydrogen) atoms. The third-order valence-electron chi connectivity index (χ3n) is 3.34. The SMILES string of the molecule is COCc1cc(CN(CCO)CC2CCCN2)no1. The van der Waals surface area contributed by atoms with Gasteiger partial charge in [-0.15, -0.1) is 0 Å². The van der Waals surface area contributed by atoms with E-state index in [1.54, 1.807) is 7.11 Å². The molecule has 6 nitrogen and oxygen atoms in total. The van der Waals surface area contributed by atoms with Crippen molar-refractivity contribution in [2.24, 2.45) is 0 Å². The van der Waals surface area contributed by atoms with Gasteiger partial charge < -0.3 is 19.7 Å². The lowest BCUT2D eigenvalue weighted by Crippen LogP contribution is -2.38. The highest BCUT2D eigenvalue weighted by atomic mass is 16.5. The zero-order valence-corrected chi connectivity index (χ0v) is 11.5. The Hall–Kier alpha value is -0.950. The van der Waals surface area contributed by atoms with Crippen molar-refractivity contribution in [1.29, 1.82) is 0 Å². The van der Waals surface area contributed by atoms with Crippen LogP contribution < -0.4 is 5.32 Å². The molecule has 0 bridgehead atoms. The van der Waals surface area contributed by atoms with E-state index in [2.05, 4.69) is 15.4 Å². The highest BCUT2D eigenvalue weighted by Crippen LogP contribution is 2.11. The number of aromatic nitrogens is 1. The molecule has 1 aromatic heterocycles. The van der Waals surface area contributed by atoms with Gasteiger partial charge in [-0.25, -0.2) is 0 Å². The van der Waals surface area contributed by atoms with Crippen molar-refractivity contribution in [3.05, 3.63) is 17.5 Å². The standard InChI is InChI=1S/C13H23N3O3/c1-18-10-13-7-12(15-19-13)9-16(5-6-17)8-11-3-2-4-14-11/h7,11,14,17H,2-6,8-10H2,1H3. The topological polar surface area (TPSA) is 70.8 Å². The van der Waals surface area contributed by atoms with Crippen molar-refractivity contribution < 1.29 is 14.4 Å². The fraction of sp³-hybridized carbons (Fsp3) is 0.769. The predicted molar refractivity (Wildman–Crippen MR) is 70.6 cm³/mol. The lowest BCUT2D eigenvalue weighted by atomic mass is 10.2. The molecule has 2 rings (SSSR count). The molecule has 1 aromatic rings. The highest BCUT2D eigenvalue weighted by Gasteiger charge is 2.18. The number of aliphatic hydroxyl groups excluding tert-OH is 1. The van der Waals surface area contributed by atoms with E-state index in [-0.39, 0.29) is 6.61 Å². The van der Waals surface area contributed by atoms with Crippen LogP contribution in [0.15, 0.2) is 10.6 Å². The Balaban J connectivity index is 1.86. The summed E-state index contributed by atoms with van der Waals surface area (Å²) < 4.78 is 10.2. The lowest BCUT2D eigenvalue weighted by molar-refractivity contribution is 0.154. The minimum absolute atomic E-state index is 0.162. The molecule has 1 unspecified atom stereocenters. The van der Waals surface area contributed by atoms with Crippen LogP contribution in [0.25, 0.3) is 0 Å².